The molecule has 1 amide bonds. The number of thioether (sulfide) groups is 1. The number of benzene rings is 2. The van der Waals surface area contributed by atoms with Gasteiger partial charge in [0.1, 0.15) is 0 Å². The fourth-order valence-electron chi connectivity index (χ4n) is 2.99. The van der Waals surface area contributed by atoms with E-state index in [0.29, 0.717) is 16.5 Å². The summed E-state index contributed by atoms with van der Waals surface area (Å²) < 4.78 is 25.8. The van der Waals surface area contributed by atoms with Gasteiger partial charge in [0.05, 0.1) is 5.75 Å². The van der Waals surface area contributed by atoms with Crippen molar-refractivity contribution in [3.05, 3.63) is 54.1 Å². The van der Waals surface area contributed by atoms with Crippen molar-refractivity contribution in [1.29, 1.82) is 0 Å². The second-order valence-corrected chi connectivity index (χ2v) is 9.97. The average molecular weight is 405 g/mol. The molecule has 2 N–H and O–H groups in total. The van der Waals surface area contributed by atoms with E-state index >= 15 is 0 Å². The molecule has 27 heavy (non-hydrogen) atoms. The SMILES string of the molecule is CCS(=O)(=O)Nc1cccc(C(=O)Nc2ccc(SC3CCCC3)cc2)c1. The summed E-state index contributed by atoms with van der Waals surface area (Å²) in [4.78, 5) is 13.7. The van der Waals surface area contributed by atoms with Gasteiger partial charge in [0, 0.05) is 27.1 Å². The Hall–Kier alpha value is -1.99. The number of hydrogen-bond donors (Lipinski definition) is 2. The fraction of sp³-hybridized carbons (Fsp3) is 0.350. The summed E-state index contributed by atoms with van der Waals surface area (Å²) in [5.74, 6) is -0.294. The first-order valence-electron chi connectivity index (χ1n) is 9.14. The van der Waals surface area contributed by atoms with E-state index in [9.17, 15) is 13.2 Å². The van der Waals surface area contributed by atoms with Crippen LogP contribution >= 0.6 is 11.8 Å². The summed E-state index contributed by atoms with van der Waals surface area (Å²) in [6.07, 6.45) is 5.20. The minimum Gasteiger partial charge on any atom is -0.322 e. The molecule has 144 valence electrons. The molecule has 1 aliphatic rings. The van der Waals surface area contributed by atoms with Gasteiger partial charge >= 0.3 is 0 Å². The van der Waals surface area contributed by atoms with Crippen LogP contribution in [0.4, 0.5) is 11.4 Å². The van der Waals surface area contributed by atoms with Crippen molar-refractivity contribution < 1.29 is 13.2 Å². The maximum Gasteiger partial charge on any atom is 0.255 e. The maximum absolute atomic E-state index is 12.5. The highest BCUT2D eigenvalue weighted by atomic mass is 32.2. The third-order valence-electron chi connectivity index (χ3n) is 4.50. The molecule has 5 nitrogen and oxygen atoms in total. The molecule has 0 unspecified atom stereocenters. The molecule has 0 atom stereocenters. The molecule has 2 aromatic carbocycles. The molecule has 0 aromatic heterocycles. The smallest absolute Gasteiger partial charge is 0.255 e. The van der Waals surface area contributed by atoms with E-state index in [1.165, 1.54) is 36.6 Å². The number of carbonyl (C=O) groups excluding carboxylic acids is 1. The van der Waals surface area contributed by atoms with Gasteiger partial charge in [-0.1, -0.05) is 18.9 Å². The molecule has 0 bridgehead atoms. The maximum atomic E-state index is 12.5. The summed E-state index contributed by atoms with van der Waals surface area (Å²) in [5, 5.41) is 3.57. The molecular formula is C20H24N2O3S2. The van der Waals surface area contributed by atoms with E-state index in [1.807, 2.05) is 36.0 Å². The van der Waals surface area contributed by atoms with Gasteiger partial charge in [-0.15, -0.1) is 11.8 Å². The van der Waals surface area contributed by atoms with Crippen LogP contribution in [0.15, 0.2) is 53.4 Å². The minimum absolute atomic E-state index is 0.0192. The summed E-state index contributed by atoms with van der Waals surface area (Å²) in [6, 6.07) is 14.3. The summed E-state index contributed by atoms with van der Waals surface area (Å²) in [6.45, 7) is 1.56. The second-order valence-electron chi connectivity index (χ2n) is 6.59. The van der Waals surface area contributed by atoms with Crippen molar-refractivity contribution in [3.8, 4) is 0 Å². The number of amides is 1. The van der Waals surface area contributed by atoms with Crippen molar-refractivity contribution in [2.45, 2.75) is 42.8 Å². The van der Waals surface area contributed by atoms with Crippen LogP contribution in [-0.4, -0.2) is 25.3 Å². The molecule has 1 aliphatic carbocycles. The average Bonchev–Trinajstić information content (AvgIpc) is 3.16. The Morgan fingerprint density at radius 2 is 1.78 bits per heavy atom. The summed E-state index contributed by atoms with van der Waals surface area (Å²) in [5.41, 5.74) is 1.50. The van der Waals surface area contributed by atoms with Crippen LogP contribution in [0.3, 0.4) is 0 Å². The van der Waals surface area contributed by atoms with Crippen molar-refractivity contribution in [3.63, 3.8) is 0 Å². The van der Waals surface area contributed by atoms with E-state index in [0.717, 1.165) is 5.69 Å². The molecule has 0 heterocycles. The zero-order chi connectivity index (χ0) is 19.3. The van der Waals surface area contributed by atoms with Crippen LogP contribution in [0.1, 0.15) is 43.0 Å². The van der Waals surface area contributed by atoms with Crippen LogP contribution in [0.5, 0.6) is 0 Å². The van der Waals surface area contributed by atoms with Crippen molar-refractivity contribution in [2.75, 3.05) is 15.8 Å². The van der Waals surface area contributed by atoms with E-state index < -0.39 is 10.0 Å². The minimum atomic E-state index is -3.37. The zero-order valence-electron chi connectivity index (χ0n) is 15.3. The first-order valence-corrected chi connectivity index (χ1v) is 11.7. The molecule has 1 fully saturated rings. The van der Waals surface area contributed by atoms with Crippen LogP contribution in [-0.2, 0) is 10.0 Å². The number of carbonyl (C=O) groups is 1. The van der Waals surface area contributed by atoms with Crippen LogP contribution in [0, 0.1) is 0 Å². The highest BCUT2D eigenvalue weighted by molar-refractivity contribution is 8.00. The lowest BCUT2D eigenvalue weighted by molar-refractivity contribution is 0.102. The number of sulfonamides is 1. The number of hydrogen-bond acceptors (Lipinski definition) is 4. The van der Waals surface area contributed by atoms with Crippen molar-refractivity contribution in [2.24, 2.45) is 0 Å². The van der Waals surface area contributed by atoms with Gasteiger partial charge in [0.25, 0.3) is 5.91 Å². The first kappa shape index (κ1) is 19.8. The van der Waals surface area contributed by atoms with Gasteiger partial charge in [-0.3, -0.25) is 9.52 Å². The normalized spacial score (nSPS) is 14.9. The van der Waals surface area contributed by atoms with Crippen LogP contribution in [0.2, 0.25) is 0 Å². The number of rotatable bonds is 7. The van der Waals surface area contributed by atoms with Gasteiger partial charge in [-0.25, -0.2) is 8.42 Å². The van der Waals surface area contributed by atoms with Gasteiger partial charge < -0.3 is 5.32 Å². The topological polar surface area (TPSA) is 75.3 Å². The lowest BCUT2D eigenvalue weighted by Crippen LogP contribution is -2.16. The second kappa shape index (κ2) is 8.80. The Bertz CT molecular complexity index is 890. The standard InChI is InChI=1S/C20H24N2O3S2/c1-2-27(24,25)22-17-7-5-6-15(14-17)20(23)21-16-10-12-19(13-11-16)26-18-8-3-4-9-18/h5-7,10-14,18,22H,2-4,8-9H2,1H3,(H,21,23). The highest BCUT2D eigenvalue weighted by Crippen LogP contribution is 2.35. The lowest BCUT2D eigenvalue weighted by Gasteiger charge is -2.11. The van der Waals surface area contributed by atoms with Gasteiger partial charge in [0.15, 0.2) is 0 Å². The predicted molar refractivity (Wildman–Crippen MR) is 112 cm³/mol. The van der Waals surface area contributed by atoms with Gasteiger partial charge in [-0.2, -0.15) is 0 Å². The molecule has 0 radical (unpaired) electrons. The molecule has 0 aliphatic heterocycles. The lowest BCUT2D eigenvalue weighted by atomic mass is 10.2. The summed E-state index contributed by atoms with van der Waals surface area (Å²) in [7, 11) is -3.37. The summed E-state index contributed by atoms with van der Waals surface area (Å²) >= 11 is 1.91. The van der Waals surface area contributed by atoms with Crippen molar-refractivity contribution in [1.82, 2.24) is 0 Å². The molecule has 1 saturated carbocycles. The fourth-order valence-corrected chi connectivity index (χ4v) is 4.87. The Morgan fingerprint density at radius 3 is 2.44 bits per heavy atom. The van der Waals surface area contributed by atoms with Gasteiger partial charge in [-0.05, 0) is 62.2 Å². The zero-order valence-corrected chi connectivity index (χ0v) is 16.9. The van der Waals surface area contributed by atoms with Crippen molar-refractivity contribution >= 4 is 39.1 Å². The molecule has 2 aromatic rings. The predicted octanol–water partition coefficient (Wildman–Crippen LogP) is 4.74. The first-order chi connectivity index (χ1) is 12.9. The molecule has 7 heteroatoms. The Kier molecular flexibility index (Phi) is 6.44. The largest absolute Gasteiger partial charge is 0.322 e. The Labute approximate surface area is 165 Å². The molecular weight excluding hydrogens is 380 g/mol. The Balaban J connectivity index is 1.63. The van der Waals surface area contributed by atoms with E-state index in [-0.39, 0.29) is 11.7 Å². The van der Waals surface area contributed by atoms with E-state index in [1.54, 1.807) is 25.1 Å². The van der Waals surface area contributed by atoms with Gasteiger partial charge in [0.2, 0.25) is 10.0 Å². The Morgan fingerprint density at radius 1 is 1.07 bits per heavy atom. The third kappa shape index (κ3) is 5.74. The van der Waals surface area contributed by atoms with E-state index in [2.05, 4.69) is 10.0 Å². The van der Waals surface area contributed by atoms with Crippen LogP contribution < -0.4 is 10.0 Å². The molecule has 3 rings (SSSR count). The molecule has 0 spiro atoms. The quantitative estimate of drug-likeness (QED) is 0.699. The van der Waals surface area contributed by atoms with Crippen LogP contribution in [0.25, 0.3) is 0 Å². The monoisotopic (exact) mass is 404 g/mol. The van der Waals surface area contributed by atoms with E-state index in [4.69, 9.17) is 0 Å². The highest BCUT2D eigenvalue weighted by Gasteiger charge is 2.16. The molecule has 0 saturated heterocycles. The number of nitrogens with one attached hydrogen (secondary N) is 2. The third-order valence-corrected chi connectivity index (χ3v) is 7.15. The number of anilines is 2.